The predicted octanol–water partition coefficient (Wildman–Crippen LogP) is 4.21. The number of hydrogen-bond acceptors (Lipinski definition) is 2. The van der Waals surface area contributed by atoms with Crippen molar-refractivity contribution in [2.24, 2.45) is 0 Å². The highest BCUT2D eigenvalue weighted by molar-refractivity contribution is 9.10. The number of ether oxygens (including phenoxy) is 1. The topological polar surface area (TPSA) is 29.5 Å². The number of halogens is 3. The second-order valence-electron chi connectivity index (χ2n) is 3.85. The summed E-state index contributed by atoms with van der Waals surface area (Å²) in [6.45, 7) is -2.99. The monoisotopic (exact) mass is 328 g/mol. The first-order chi connectivity index (χ1) is 9.11. The van der Waals surface area contributed by atoms with Gasteiger partial charge in [-0.15, -0.1) is 0 Å². The summed E-state index contributed by atoms with van der Waals surface area (Å²) < 4.78 is 29.9. The summed E-state index contributed by atoms with van der Waals surface area (Å²) in [4.78, 5) is 0. The Morgan fingerprint density at radius 2 is 1.89 bits per heavy atom. The molecule has 2 rings (SSSR count). The largest absolute Gasteiger partial charge is 0.433 e. The van der Waals surface area contributed by atoms with Gasteiger partial charge in [-0.1, -0.05) is 30.3 Å². The van der Waals surface area contributed by atoms with Crippen LogP contribution in [0.15, 0.2) is 46.9 Å². The zero-order valence-corrected chi connectivity index (χ0v) is 11.4. The molecule has 0 heterocycles. The average Bonchev–Trinajstić information content (AvgIpc) is 2.40. The Labute approximate surface area is 117 Å². The first-order valence-corrected chi connectivity index (χ1v) is 6.34. The lowest BCUT2D eigenvalue weighted by molar-refractivity contribution is -0.0499. The molecule has 0 aliphatic carbocycles. The summed E-state index contributed by atoms with van der Waals surface area (Å²) in [6.07, 6.45) is 0. The minimum Gasteiger partial charge on any atom is -0.433 e. The van der Waals surface area contributed by atoms with Gasteiger partial charge in [0.2, 0.25) is 0 Å². The van der Waals surface area contributed by atoms with Crippen molar-refractivity contribution >= 4 is 15.9 Å². The van der Waals surface area contributed by atoms with Gasteiger partial charge in [-0.25, -0.2) is 0 Å². The van der Waals surface area contributed by atoms with Crippen molar-refractivity contribution in [1.82, 2.24) is 0 Å². The molecule has 0 aliphatic heterocycles. The van der Waals surface area contributed by atoms with Crippen LogP contribution in [-0.4, -0.2) is 11.7 Å². The van der Waals surface area contributed by atoms with Crippen molar-refractivity contribution in [2.45, 2.75) is 13.2 Å². The fourth-order valence-electron chi connectivity index (χ4n) is 1.78. The van der Waals surface area contributed by atoms with Gasteiger partial charge in [0.15, 0.2) is 0 Å². The number of aliphatic hydroxyl groups is 1. The van der Waals surface area contributed by atoms with E-state index < -0.39 is 6.61 Å². The lowest BCUT2D eigenvalue weighted by Gasteiger charge is -2.13. The predicted molar refractivity (Wildman–Crippen MR) is 72.1 cm³/mol. The van der Waals surface area contributed by atoms with E-state index in [2.05, 4.69) is 20.7 Å². The molecular formula is C14H11BrF2O2. The van der Waals surface area contributed by atoms with Gasteiger partial charge in [0.1, 0.15) is 5.75 Å². The van der Waals surface area contributed by atoms with E-state index in [1.165, 1.54) is 0 Å². The van der Waals surface area contributed by atoms with E-state index in [0.717, 1.165) is 0 Å². The van der Waals surface area contributed by atoms with Crippen LogP contribution < -0.4 is 4.74 Å². The summed E-state index contributed by atoms with van der Waals surface area (Å²) in [5.74, 6) is 0.0904. The molecule has 2 nitrogen and oxygen atoms in total. The Bertz CT molecular complexity index is 573. The van der Waals surface area contributed by atoms with Gasteiger partial charge in [0, 0.05) is 5.56 Å². The van der Waals surface area contributed by atoms with Crippen molar-refractivity contribution < 1.29 is 18.6 Å². The Morgan fingerprint density at radius 1 is 1.16 bits per heavy atom. The summed E-state index contributed by atoms with van der Waals surface area (Å²) >= 11 is 3.20. The fraction of sp³-hybridized carbons (Fsp3) is 0.143. The quantitative estimate of drug-likeness (QED) is 0.910. The lowest BCUT2D eigenvalue weighted by atomic mass is 10.0. The standard InChI is InChI=1S/C14H11BrF2O2/c15-12-6-2-5-11(13(12)19-14(16)17)10-4-1-3-9(7-10)8-18/h1-7,14,18H,8H2. The number of alkyl halides is 2. The summed E-state index contributed by atoms with van der Waals surface area (Å²) in [5.41, 5.74) is 1.97. The molecule has 0 atom stereocenters. The minimum atomic E-state index is -2.89. The van der Waals surface area contributed by atoms with Gasteiger partial charge >= 0.3 is 6.61 Å². The molecule has 19 heavy (non-hydrogen) atoms. The van der Waals surface area contributed by atoms with E-state index in [1.807, 2.05) is 0 Å². The molecule has 100 valence electrons. The molecule has 2 aromatic rings. The van der Waals surface area contributed by atoms with E-state index in [4.69, 9.17) is 5.11 Å². The Kier molecular flexibility index (Phi) is 4.50. The Morgan fingerprint density at radius 3 is 2.58 bits per heavy atom. The summed E-state index contributed by atoms with van der Waals surface area (Å²) in [6, 6.07) is 12.1. The zero-order valence-electron chi connectivity index (χ0n) is 9.82. The van der Waals surface area contributed by atoms with Crippen LogP contribution in [0.2, 0.25) is 0 Å². The van der Waals surface area contributed by atoms with Crippen LogP contribution in [0.3, 0.4) is 0 Å². The molecule has 0 unspecified atom stereocenters. The highest BCUT2D eigenvalue weighted by Crippen LogP contribution is 2.37. The molecule has 1 N–H and O–H groups in total. The molecule has 0 saturated heterocycles. The molecular weight excluding hydrogens is 318 g/mol. The van der Waals surface area contributed by atoms with E-state index in [1.54, 1.807) is 42.5 Å². The average molecular weight is 329 g/mol. The van der Waals surface area contributed by atoms with Crippen LogP contribution in [0.5, 0.6) is 5.75 Å². The lowest BCUT2D eigenvalue weighted by Crippen LogP contribution is -2.04. The second-order valence-corrected chi connectivity index (χ2v) is 4.71. The SMILES string of the molecule is OCc1cccc(-c2cccc(Br)c2OC(F)F)c1. The van der Waals surface area contributed by atoms with Crippen LogP contribution in [0.4, 0.5) is 8.78 Å². The molecule has 0 spiro atoms. The zero-order chi connectivity index (χ0) is 13.8. The Balaban J connectivity index is 2.51. The Hall–Kier alpha value is -1.46. The number of aliphatic hydroxyl groups excluding tert-OH is 1. The smallest absolute Gasteiger partial charge is 0.387 e. The number of para-hydroxylation sites is 1. The first-order valence-electron chi connectivity index (χ1n) is 5.55. The maximum Gasteiger partial charge on any atom is 0.387 e. The van der Waals surface area contributed by atoms with E-state index in [9.17, 15) is 8.78 Å². The summed E-state index contributed by atoms with van der Waals surface area (Å²) in [5, 5.41) is 9.12. The van der Waals surface area contributed by atoms with Gasteiger partial charge in [-0.05, 0) is 39.2 Å². The fourth-order valence-corrected chi connectivity index (χ4v) is 2.24. The number of rotatable bonds is 4. The van der Waals surface area contributed by atoms with E-state index in [0.29, 0.717) is 21.2 Å². The van der Waals surface area contributed by atoms with Gasteiger partial charge in [-0.2, -0.15) is 8.78 Å². The van der Waals surface area contributed by atoms with Gasteiger partial charge in [-0.3, -0.25) is 0 Å². The minimum absolute atomic E-state index is 0.0904. The third kappa shape index (κ3) is 3.30. The van der Waals surface area contributed by atoms with Crippen LogP contribution in [0, 0.1) is 0 Å². The normalized spacial score (nSPS) is 10.8. The third-order valence-corrected chi connectivity index (χ3v) is 3.22. The molecule has 0 aliphatic rings. The van der Waals surface area contributed by atoms with Crippen molar-refractivity contribution in [3.63, 3.8) is 0 Å². The van der Waals surface area contributed by atoms with Crippen molar-refractivity contribution in [1.29, 1.82) is 0 Å². The van der Waals surface area contributed by atoms with Crippen LogP contribution >= 0.6 is 15.9 Å². The molecule has 2 aromatic carbocycles. The third-order valence-electron chi connectivity index (χ3n) is 2.59. The molecule has 0 aromatic heterocycles. The van der Waals surface area contributed by atoms with Crippen molar-refractivity contribution in [3.05, 3.63) is 52.5 Å². The number of benzene rings is 2. The molecule has 0 amide bonds. The molecule has 5 heteroatoms. The number of hydrogen-bond donors (Lipinski definition) is 1. The highest BCUT2D eigenvalue weighted by atomic mass is 79.9. The molecule has 0 bridgehead atoms. The van der Waals surface area contributed by atoms with Gasteiger partial charge in [0.05, 0.1) is 11.1 Å². The van der Waals surface area contributed by atoms with Crippen LogP contribution in [-0.2, 0) is 6.61 Å². The maximum absolute atomic E-state index is 12.5. The highest BCUT2D eigenvalue weighted by Gasteiger charge is 2.14. The van der Waals surface area contributed by atoms with Crippen LogP contribution in [0.25, 0.3) is 11.1 Å². The maximum atomic E-state index is 12.5. The first kappa shape index (κ1) is 14.0. The van der Waals surface area contributed by atoms with E-state index >= 15 is 0 Å². The molecule has 0 saturated carbocycles. The van der Waals surface area contributed by atoms with E-state index in [-0.39, 0.29) is 12.4 Å². The second kappa shape index (κ2) is 6.12. The van der Waals surface area contributed by atoms with Crippen molar-refractivity contribution in [2.75, 3.05) is 0 Å². The molecule has 0 fully saturated rings. The summed E-state index contributed by atoms with van der Waals surface area (Å²) in [7, 11) is 0. The van der Waals surface area contributed by atoms with Crippen molar-refractivity contribution in [3.8, 4) is 16.9 Å². The van der Waals surface area contributed by atoms with Crippen LogP contribution in [0.1, 0.15) is 5.56 Å². The molecule has 0 radical (unpaired) electrons. The van der Waals surface area contributed by atoms with Gasteiger partial charge < -0.3 is 9.84 Å². The van der Waals surface area contributed by atoms with Gasteiger partial charge in [0.25, 0.3) is 0 Å².